The van der Waals surface area contributed by atoms with Gasteiger partial charge in [-0.2, -0.15) is 0 Å². The number of rotatable bonds is 6. The fourth-order valence-electron chi connectivity index (χ4n) is 4.35. The Morgan fingerprint density at radius 1 is 1.11 bits per heavy atom. The highest BCUT2D eigenvalue weighted by Crippen LogP contribution is 2.33. The first kappa shape index (κ1) is 20.8. The minimum atomic E-state index is 0.466. The summed E-state index contributed by atoms with van der Waals surface area (Å²) in [6, 6.07) is 6.21. The Morgan fingerprint density at radius 3 is 2.50 bits per heavy atom. The Labute approximate surface area is 169 Å². The van der Waals surface area contributed by atoms with Gasteiger partial charge in [0.05, 0.1) is 14.2 Å². The highest BCUT2D eigenvalue weighted by molar-refractivity contribution is 5.80. The van der Waals surface area contributed by atoms with Crippen molar-refractivity contribution in [2.24, 2.45) is 10.9 Å². The monoisotopic (exact) mass is 388 g/mol. The molecular weight excluding hydrogens is 352 g/mol. The molecule has 1 N–H and O–H groups in total. The molecule has 156 valence electrons. The molecule has 0 aliphatic carbocycles. The van der Waals surface area contributed by atoms with E-state index in [1.807, 2.05) is 6.07 Å². The summed E-state index contributed by atoms with van der Waals surface area (Å²) >= 11 is 0. The normalized spacial score (nSPS) is 23.7. The standard InChI is InChI=1S/C22H36N4O2/c1-5-23-22(24-14-17-7-6-9-25(2)15-17)26-10-8-18(16-26)19-11-20(27-3)13-21(12-19)28-4/h11-13,17-18H,5-10,14-16H2,1-4H3,(H,23,24). The second-order valence-electron chi connectivity index (χ2n) is 8.04. The van der Waals surface area contributed by atoms with Crippen molar-refractivity contribution >= 4 is 5.96 Å². The van der Waals surface area contributed by atoms with Crippen LogP contribution in [0.1, 0.15) is 37.7 Å². The van der Waals surface area contributed by atoms with Crippen LogP contribution in [0.15, 0.2) is 23.2 Å². The molecule has 3 rings (SSSR count). The van der Waals surface area contributed by atoms with Gasteiger partial charge in [-0.1, -0.05) is 0 Å². The first-order valence-corrected chi connectivity index (χ1v) is 10.6. The lowest BCUT2D eigenvalue weighted by Gasteiger charge is -2.29. The Kier molecular flexibility index (Phi) is 7.43. The van der Waals surface area contributed by atoms with E-state index in [0.29, 0.717) is 11.8 Å². The summed E-state index contributed by atoms with van der Waals surface area (Å²) in [6.45, 7) is 8.35. The second kappa shape index (κ2) is 10.0. The van der Waals surface area contributed by atoms with Crippen molar-refractivity contribution in [1.29, 1.82) is 0 Å². The molecule has 1 aromatic carbocycles. The van der Waals surface area contributed by atoms with Gasteiger partial charge in [0.15, 0.2) is 5.96 Å². The summed E-state index contributed by atoms with van der Waals surface area (Å²) in [4.78, 5) is 9.84. The van der Waals surface area contributed by atoms with Gasteiger partial charge in [-0.25, -0.2) is 0 Å². The van der Waals surface area contributed by atoms with Crippen LogP contribution in [0.2, 0.25) is 0 Å². The van der Waals surface area contributed by atoms with Gasteiger partial charge in [0, 0.05) is 44.7 Å². The van der Waals surface area contributed by atoms with Crippen LogP contribution in [0.25, 0.3) is 0 Å². The average molecular weight is 389 g/mol. The Hall–Kier alpha value is -1.95. The molecule has 0 saturated carbocycles. The van der Waals surface area contributed by atoms with Crippen LogP contribution in [0.5, 0.6) is 11.5 Å². The molecular formula is C22H36N4O2. The van der Waals surface area contributed by atoms with Crippen LogP contribution in [0.4, 0.5) is 0 Å². The Balaban J connectivity index is 1.66. The first-order valence-electron chi connectivity index (χ1n) is 10.6. The van der Waals surface area contributed by atoms with Gasteiger partial charge in [0.25, 0.3) is 0 Å². The molecule has 0 spiro atoms. The maximum atomic E-state index is 5.45. The van der Waals surface area contributed by atoms with E-state index in [0.717, 1.165) is 56.6 Å². The lowest BCUT2D eigenvalue weighted by molar-refractivity contribution is 0.214. The number of aliphatic imine (C=N–C) groups is 1. The van der Waals surface area contributed by atoms with Crippen LogP contribution in [-0.4, -0.2) is 76.3 Å². The van der Waals surface area contributed by atoms with E-state index in [-0.39, 0.29) is 0 Å². The molecule has 0 bridgehead atoms. The topological polar surface area (TPSA) is 49.3 Å². The summed E-state index contributed by atoms with van der Waals surface area (Å²) < 4.78 is 10.9. The molecule has 1 aromatic rings. The van der Waals surface area contributed by atoms with Crippen molar-refractivity contribution in [3.63, 3.8) is 0 Å². The van der Waals surface area contributed by atoms with Crippen molar-refractivity contribution in [3.05, 3.63) is 23.8 Å². The van der Waals surface area contributed by atoms with E-state index >= 15 is 0 Å². The molecule has 2 atom stereocenters. The van der Waals surface area contributed by atoms with Gasteiger partial charge in [0.1, 0.15) is 11.5 Å². The van der Waals surface area contributed by atoms with Crippen molar-refractivity contribution < 1.29 is 9.47 Å². The van der Waals surface area contributed by atoms with Gasteiger partial charge < -0.3 is 24.6 Å². The predicted molar refractivity (Wildman–Crippen MR) is 115 cm³/mol. The number of hydrogen-bond acceptors (Lipinski definition) is 4. The number of nitrogens with zero attached hydrogens (tertiary/aromatic N) is 3. The van der Waals surface area contributed by atoms with Gasteiger partial charge >= 0.3 is 0 Å². The van der Waals surface area contributed by atoms with E-state index in [1.54, 1.807) is 14.2 Å². The summed E-state index contributed by atoms with van der Waals surface area (Å²) in [5.41, 5.74) is 1.28. The third kappa shape index (κ3) is 5.31. The van der Waals surface area contributed by atoms with E-state index in [2.05, 4.69) is 41.2 Å². The fourth-order valence-corrected chi connectivity index (χ4v) is 4.35. The molecule has 6 nitrogen and oxygen atoms in total. The number of ether oxygens (including phenoxy) is 2. The van der Waals surface area contributed by atoms with Crippen molar-refractivity contribution in [2.45, 2.75) is 32.1 Å². The summed E-state index contributed by atoms with van der Waals surface area (Å²) in [7, 11) is 5.63. The third-order valence-corrected chi connectivity index (χ3v) is 5.89. The Morgan fingerprint density at radius 2 is 1.86 bits per heavy atom. The third-order valence-electron chi connectivity index (χ3n) is 5.89. The second-order valence-corrected chi connectivity index (χ2v) is 8.04. The highest BCUT2D eigenvalue weighted by Gasteiger charge is 2.27. The highest BCUT2D eigenvalue weighted by atomic mass is 16.5. The number of likely N-dealkylation sites (tertiary alicyclic amines) is 2. The van der Waals surface area contributed by atoms with E-state index in [9.17, 15) is 0 Å². The maximum absolute atomic E-state index is 5.45. The van der Waals surface area contributed by atoms with Crippen molar-refractivity contribution in [3.8, 4) is 11.5 Å². The number of benzene rings is 1. The zero-order chi connectivity index (χ0) is 19.9. The predicted octanol–water partition coefficient (Wildman–Crippen LogP) is 2.80. The molecule has 2 saturated heterocycles. The average Bonchev–Trinajstić information content (AvgIpc) is 3.21. The quantitative estimate of drug-likeness (QED) is 0.600. The lowest BCUT2D eigenvalue weighted by atomic mass is 9.98. The van der Waals surface area contributed by atoms with Crippen LogP contribution in [0, 0.1) is 5.92 Å². The molecule has 0 aromatic heterocycles. The molecule has 2 aliphatic rings. The molecule has 0 radical (unpaired) electrons. The van der Waals surface area contributed by atoms with Gasteiger partial charge in [0.2, 0.25) is 0 Å². The number of hydrogen-bond donors (Lipinski definition) is 1. The van der Waals surface area contributed by atoms with Gasteiger partial charge in [-0.3, -0.25) is 4.99 Å². The lowest BCUT2D eigenvalue weighted by Crippen LogP contribution is -2.41. The minimum Gasteiger partial charge on any atom is -0.497 e. The summed E-state index contributed by atoms with van der Waals surface area (Å²) in [5, 5.41) is 3.51. The Bertz CT molecular complexity index is 642. The van der Waals surface area contributed by atoms with Crippen LogP contribution in [0.3, 0.4) is 0 Å². The van der Waals surface area contributed by atoms with E-state index < -0.39 is 0 Å². The fraction of sp³-hybridized carbons (Fsp3) is 0.682. The molecule has 2 heterocycles. The molecule has 2 fully saturated rings. The van der Waals surface area contributed by atoms with E-state index in [1.165, 1.54) is 24.9 Å². The molecule has 2 unspecified atom stereocenters. The van der Waals surface area contributed by atoms with Crippen molar-refractivity contribution in [1.82, 2.24) is 15.1 Å². The molecule has 0 amide bonds. The van der Waals surface area contributed by atoms with Crippen LogP contribution >= 0.6 is 0 Å². The molecule has 6 heteroatoms. The SMILES string of the molecule is CCNC(=NCC1CCCN(C)C1)N1CCC(c2cc(OC)cc(OC)c2)C1. The largest absolute Gasteiger partial charge is 0.497 e. The summed E-state index contributed by atoms with van der Waals surface area (Å²) in [6.07, 6.45) is 3.70. The van der Waals surface area contributed by atoms with Crippen molar-refractivity contribution in [2.75, 3.05) is 60.5 Å². The first-order chi connectivity index (χ1) is 13.6. The molecule has 2 aliphatic heterocycles. The zero-order valence-electron chi connectivity index (χ0n) is 17.9. The number of piperidine rings is 1. The molecule has 28 heavy (non-hydrogen) atoms. The van der Waals surface area contributed by atoms with E-state index in [4.69, 9.17) is 14.5 Å². The number of guanidine groups is 1. The van der Waals surface area contributed by atoms with Gasteiger partial charge in [-0.15, -0.1) is 0 Å². The maximum Gasteiger partial charge on any atom is 0.193 e. The minimum absolute atomic E-state index is 0.466. The van der Waals surface area contributed by atoms with Gasteiger partial charge in [-0.05, 0) is 63.4 Å². The van der Waals surface area contributed by atoms with Crippen LogP contribution in [-0.2, 0) is 0 Å². The summed E-state index contributed by atoms with van der Waals surface area (Å²) in [5.74, 6) is 3.92. The zero-order valence-corrected chi connectivity index (χ0v) is 17.9. The smallest absolute Gasteiger partial charge is 0.193 e. The van der Waals surface area contributed by atoms with Crippen LogP contribution < -0.4 is 14.8 Å². The number of nitrogens with one attached hydrogen (secondary N) is 1. The number of methoxy groups -OCH3 is 2.